The highest BCUT2D eigenvalue weighted by Crippen LogP contribution is 2.20. The van der Waals surface area contributed by atoms with E-state index in [4.69, 9.17) is 4.74 Å². The topological polar surface area (TPSA) is 46.5 Å². The van der Waals surface area contributed by atoms with Crippen LogP contribution in [0.4, 0.5) is 0 Å². The van der Waals surface area contributed by atoms with Gasteiger partial charge in [-0.15, -0.1) is 0 Å². The Kier molecular flexibility index (Phi) is 2.39. The van der Waals surface area contributed by atoms with Crippen LogP contribution in [0.5, 0.6) is 5.75 Å². The fourth-order valence-electron chi connectivity index (χ4n) is 1.67. The smallest absolute Gasteiger partial charge is 0.306 e. The van der Waals surface area contributed by atoms with E-state index in [2.05, 4.69) is 0 Å². The third-order valence-electron chi connectivity index (χ3n) is 2.34. The Morgan fingerprint density at radius 3 is 3.00 bits per heavy atom. The molecule has 1 atom stereocenters. The first-order chi connectivity index (χ1) is 6.74. The van der Waals surface area contributed by atoms with Gasteiger partial charge in [-0.25, -0.2) is 0 Å². The predicted molar refractivity (Wildman–Crippen MR) is 50.9 cm³/mol. The number of aromatic hydroxyl groups is 1. The molecule has 0 bridgehead atoms. The summed E-state index contributed by atoms with van der Waals surface area (Å²) in [5, 5.41) is 9.23. The van der Waals surface area contributed by atoms with Crippen molar-refractivity contribution in [2.75, 3.05) is 0 Å². The van der Waals surface area contributed by atoms with Crippen molar-refractivity contribution < 1.29 is 14.6 Å². The molecule has 1 aromatic carbocycles. The number of hydrogen-bond acceptors (Lipinski definition) is 3. The number of rotatable bonds is 2. The Hall–Kier alpha value is -1.51. The summed E-state index contributed by atoms with van der Waals surface area (Å²) >= 11 is 0. The zero-order chi connectivity index (χ0) is 9.97. The third kappa shape index (κ3) is 2.05. The van der Waals surface area contributed by atoms with Crippen molar-refractivity contribution in [2.45, 2.75) is 25.4 Å². The molecule has 1 aromatic rings. The maximum atomic E-state index is 10.8. The minimum atomic E-state index is -0.116. The van der Waals surface area contributed by atoms with E-state index < -0.39 is 0 Å². The zero-order valence-corrected chi connectivity index (χ0v) is 7.77. The third-order valence-corrected chi connectivity index (χ3v) is 2.34. The molecule has 0 radical (unpaired) electrons. The SMILES string of the molecule is O=C1CC[C@@H](Cc2cccc(O)c2)O1. The molecule has 0 unspecified atom stereocenters. The maximum Gasteiger partial charge on any atom is 0.306 e. The molecule has 0 saturated carbocycles. The highest BCUT2D eigenvalue weighted by atomic mass is 16.5. The zero-order valence-electron chi connectivity index (χ0n) is 7.77. The summed E-state index contributed by atoms with van der Waals surface area (Å²) < 4.78 is 5.08. The summed E-state index contributed by atoms with van der Waals surface area (Å²) in [6.07, 6.45) is 1.99. The van der Waals surface area contributed by atoms with Gasteiger partial charge in [0.25, 0.3) is 0 Å². The van der Waals surface area contributed by atoms with Crippen LogP contribution in [0.25, 0.3) is 0 Å². The van der Waals surface area contributed by atoms with Crippen LogP contribution in [-0.4, -0.2) is 17.2 Å². The van der Waals surface area contributed by atoms with Gasteiger partial charge in [-0.05, 0) is 24.1 Å². The monoisotopic (exact) mass is 192 g/mol. The molecular formula is C11H12O3. The normalized spacial score (nSPS) is 20.9. The lowest BCUT2D eigenvalue weighted by molar-refractivity contribution is -0.141. The number of carbonyl (C=O) groups excluding carboxylic acids is 1. The Morgan fingerprint density at radius 2 is 2.36 bits per heavy atom. The molecule has 3 nitrogen and oxygen atoms in total. The lowest BCUT2D eigenvalue weighted by Gasteiger charge is -2.08. The van der Waals surface area contributed by atoms with E-state index in [1.165, 1.54) is 0 Å². The van der Waals surface area contributed by atoms with Crippen LogP contribution in [-0.2, 0) is 16.0 Å². The number of phenols is 1. The van der Waals surface area contributed by atoms with E-state index in [-0.39, 0.29) is 17.8 Å². The van der Waals surface area contributed by atoms with E-state index in [0.717, 1.165) is 12.0 Å². The molecule has 2 rings (SSSR count). The summed E-state index contributed by atoms with van der Waals surface area (Å²) in [5.41, 5.74) is 1.00. The van der Waals surface area contributed by atoms with Gasteiger partial charge in [0.1, 0.15) is 11.9 Å². The number of benzene rings is 1. The summed E-state index contributed by atoms with van der Waals surface area (Å²) in [6.45, 7) is 0. The Labute approximate surface area is 82.3 Å². The van der Waals surface area contributed by atoms with Crippen LogP contribution < -0.4 is 0 Å². The van der Waals surface area contributed by atoms with Crippen LogP contribution in [0, 0.1) is 0 Å². The van der Waals surface area contributed by atoms with Gasteiger partial charge in [0.15, 0.2) is 0 Å². The van der Waals surface area contributed by atoms with Crippen molar-refractivity contribution in [1.29, 1.82) is 0 Å². The van der Waals surface area contributed by atoms with E-state index >= 15 is 0 Å². The Balaban J connectivity index is 2.00. The first kappa shape index (κ1) is 9.06. The number of ether oxygens (including phenoxy) is 1. The number of hydrogen-bond donors (Lipinski definition) is 1. The minimum Gasteiger partial charge on any atom is -0.508 e. The van der Waals surface area contributed by atoms with Gasteiger partial charge in [-0.3, -0.25) is 4.79 Å². The van der Waals surface area contributed by atoms with Gasteiger partial charge in [0, 0.05) is 12.8 Å². The van der Waals surface area contributed by atoms with Gasteiger partial charge in [-0.2, -0.15) is 0 Å². The molecule has 0 aliphatic carbocycles. The second-order valence-electron chi connectivity index (χ2n) is 3.52. The molecule has 1 aliphatic heterocycles. The second kappa shape index (κ2) is 3.70. The fraction of sp³-hybridized carbons (Fsp3) is 0.364. The van der Waals surface area contributed by atoms with Gasteiger partial charge in [-0.1, -0.05) is 12.1 Å². The Morgan fingerprint density at radius 1 is 1.50 bits per heavy atom. The number of phenolic OH excluding ortho intramolecular Hbond substituents is 1. The molecule has 3 heteroatoms. The second-order valence-corrected chi connectivity index (χ2v) is 3.52. The molecule has 1 N–H and O–H groups in total. The van der Waals surface area contributed by atoms with Gasteiger partial charge in [0.2, 0.25) is 0 Å². The molecule has 1 fully saturated rings. The summed E-state index contributed by atoms with van der Waals surface area (Å²) in [5.74, 6) is 0.141. The summed E-state index contributed by atoms with van der Waals surface area (Å²) in [4.78, 5) is 10.8. The lowest BCUT2D eigenvalue weighted by atomic mass is 10.1. The van der Waals surface area contributed by atoms with Gasteiger partial charge in [0.05, 0.1) is 0 Å². The lowest BCUT2D eigenvalue weighted by Crippen LogP contribution is -2.10. The highest BCUT2D eigenvalue weighted by molar-refractivity contribution is 5.71. The molecule has 0 aromatic heterocycles. The van der Waals surface area contributed by atoms with Crippen molar-refractivity contribution >= 4 is 5.97 Å². The van der Waals surface area contributed by atoms with Gasteiger partial charge < -0.3 is 9.84 Å². The molecule has 0 spiro atoms. The Bertz CT molecular complexity index is 346. The van der Waals surface area contributed by atoms with E-state index in [9.17, 15) is 9.90 Å². The molecule has 14 heavy (non-hydrogen) atoms. The molecule has 74 valence electrons. The quantitative estimate of drug-likeness (QED) is 0.724. The van der Waals surface area contributed by atoms with Crippen LogP contribution in [0.2, 0.25) is 0 Å². The fourth-order valence-corrected chi connectivity index (χ4v) is 1.67. The van der Waals surface area contributed by atoms with Crippen molar-refractivity contribution in [3.05, 3.63) is 29.8 Å². The van der Waals surface area contributed by atoms with E-state index in [1.807, 2.05) is 6.07 Å². The summed E-state index contributed by atoms with van der Waals surface area (Å²) in [7, 11) is 0. The number of esters is 1. The van der Waals surface area contributed by atoms with Crippen molar-refractivity contribution in [2.24, 2.45) is 0 Å². The van der Waals surface area contributed by atoms with Crippen LogP contribution >= 0.6 is 0 Å². The van der Waals surface area contributed by atoms with Crippen molar-refractivity contribution in [1.82, 2.24) is 0 Å². The predicted octanol–water partition coefficient (Wildman–Crippen LogP) is 1.64. The average molecular weight is 192 g/mol. The molecule has 1 saturated heterocycles. The minimum absolute atomic E-state index is 0.00991. The number of carbonyl (C=O) groups is 1. The number of cyclic esters (lactones) is 1. The van der Waals surface area contributed by atoms with Crippen LogP contribution in [0.15, 0.2) is 24.3 Å². The first-order valence-corrected chi connectivity index (χ1v) is 4.71. The van der Waals surface area contributed by atoms with Crippen LogP contribution in [0.3, 0.4) is 0 Å². The van der Waals surface area contributed by atoms with Crippen molar-refractivity contribution in [3.63, 3.8) is 0 Å². The first-order valence-electron chi connectivity index (χ1n) is 4.71. The standard InChI is InChI=1S/C11H12O3/c12-9-3-1-2-8(6-9)7-10-4-5-11(13)14-10/h1-3,6,10,12H,4-5,7H2/t10-/m0/s1. The van der Waals surface area contributed by atoms with E-state index in [0.29, 0.717) is 12.8 Å². The molecule has 1 aliphatic rings. The summed E-state index contributed by atoms with van der Waals surface area (Å²) in [6, 6.07) is 7.05. The van der Waals surface area contributed by atoms with Gasteiger partial charge >= 0.3 is 5.97 Å². The molecule has 1 heterocycles. The molecule has 0 amide bonds. The largest absolute Gasteiger partial charge is 0.508 e. The van der Waals surface area contributed by atoms with E-state index in [1.54, 1.807) is 18.2 Å². The van der Waals surface area contributed by atoms with Crippen molar-refractivity contribution in [3.8, 4) is 5.75 Å². The molecular weight excluding hydrogens is 180 g/mol. The maximum absolute atomic E-state index is 10.8. The van der Waals surface area contributed by atoms with Crippen LogP contribution in [0.1, 0.15) is 18.4 Å². The average Bonchev–Trinajstić information content (AvgIpc) is 2.51. The highest BCUT2D eigenvalue weighted by Gasteiger charge is 2.23.